The third-order valence-electron chi connectivity index (χ3n) is 4.04. The van der Waals surface area contributed by atoms with Crippen molar-refractivity contribution in [1.29, 1.82) is 0 Å². The average molecular weight is 362 g/mol. The van der Waals surface area contributed by atoms with E-state index in [1.165, 1.54) is 17.7 Å². The summed E-state index contributed by atoms with van der Waals surface area (Å²) in [7, 11) is 0. The summed E-state index contributed by atoms with van der Waals surface area (Å²) in [5.74, 6) is -1.59. The molecule has 3 rings (SSSR count). The van der Waals surface area contributed by atoms with Crippen LogP contribution in [0, 0.1) is 11.6 Å². The highest BCUT2D eigenvalue weighted by molar-refractivity contribution is 5.28. The Kier molecular flexibility index (Phi) is 8.11. The SMILES string of the molecule is C=NN=C.Fc1ccc(CN2C=CC=C(CN3CCOCC3)C2)cc1F. The van der Waals surface area contributed by atoms with Crippen LogP contribution in [-0.4, -0.2) is 62.6 Å². The Hall–Kier alpha value is -2.38. The number of rotatable bonds is 5. The van der Waals surface area contributed by atoms with Gasteiger partial charge in [0, 0.05) is 46.2 Å². The Morgan fingerprint density at radius 2 is 1.77 bits per heavy atom. The summed E-state index contributed by atoms with van der Waals surface area (Å²) in [6.07, 6.45) is 6.14. The van der Waals surface area contributed by atoms with Crippen LogP contribution in [0.25, 0.3) is 0 Å². The molecule has 1 aromatic carbocycles. The standard InChI is InChI=1S/C17H20F2N2O.C2H4N2/c18-16-4-3-14(10-17(16)19)11-21-5-1-2-15(13-21)12-20-6-8-22-9-7-20;1-3-4-2/h1-5,10H,6-9,11-13H2;1-2H2. The molecule has 0 unspecified atom stereocenters. The van der Waals surface area contributed by atoms with Crippen molar-refractivity contribution in [2.24, 2.45) is 10.2 Å². The van der Waals surface area contributed by atoms with Gasteiger partial charge in [-0.1, -0.05) is 12.1 Å². The van der Waals surface area contributed by atoms with Crippen molar-refractivity contribution in [2.75, 3.05) is 39.4 Å². The predicted molar refractivity (Wildman–Crippen MR) is 100 cm³/mol. The highest BCUT2D eigenvalue weighted by atomic mass is 19.2. The Morgan fingerprint density at radius 3 is 2.42 bits per heavy atom. The summed E-state index contributed by atoms with van der Waals surface area (Å²) in [5.41, 5.74) is 2.10. The smallest absolute Gasteiger partial charge is 0.159 e. The minimum Gasteiger partial charge on any atom is -0.379 e. The van der Waals surface area contributed by atoms with Crippen molar-refractivity contribution in [3.8, 4) is 0 Å². The van der Waals surface area contributed by atoms with Crippen LogP contribution >= 0.6 is 0 Å². The molecule has 0 spiro atoms. The van der Waals surface area contributed by atoms with E-state index in [2.05, 4.69) is 39.5 Å². The lowest BCUT2D eigenvalue weighted by Crippen LogP contribution is -2.39. The summed E-state index contributed by atoms with van der Waals surface area (Å²) in [5, 5.41) is 6.00. The first-order valence-electron chi connectivity index (χ1n) is 8.38. The summed E-state index contributed by atoms with van der Waals surface area (Å²) in [6.45, 7) is 11.8. The van der Waals surface area contributed by atoms with Crippen LogP contribution in [0.5, 0.6) is 0 Å². The second-order valence-electron chi connectivity index (χ2n) is 5.99. The minimum atomic E-state index is -0.800. The Balaban J connectivity index is 0.000000552. The van der Waals surface area contributed by atoms with Crippen molar-refractivity contribution < 1.29 is 13.5 Å². The van der Waals surface area contributed by atoms with E-state index in [9.17, 15) is 8.78 Å². The molecule has 1 saturated heterocycles. The van der Waals surface area contributed by atoms with E-state index in [-0.39, 0.29) is 0 Å². The van der Waals surface area contributed by atoms with Crippen molar-refractivity contribution in [1.82, 2.24) is 9.80 Å². The molecule has 1 aromatic rings. The van der Waals surface area contributed by atoms with E-state index in [4.69, 9.17) is 4.74 Å². The summed E-state index contributed by atoms with van der Waals surface area (Å²) in [4.78, 5) is 4.49. The van der Waals surface area contributed by atoms with Gasteiger partial charge >= 0.3 is 0 Å². The first-order chi connectivity index (χ1) is 12.6. The molecule has 0 aliphatic carbocycles. The molecule has 26 heavy (non-hydrogen) atoms. The molecule has 1 fully saturated rings. The van der Waals surface area contributed by atoms with Crippen LogP contribution in [0.4, 0.5) is 8.78 Å². The van der Waals surface area contributed by atoms with Crippen molar-refractivity contribution in [2.45, 2.75) is 6.54 Å². The molecule has 2 aliphatic rings. The fraction of sp³-hybridized carbons (Fsp3) is 0.368. The molecule has 5 nitrogen and oxygen atoms in total. The second-order valence-corrected chi connectivity index (χ2v) is 5.99. The molecular formula is C19H24F2N4O. The lowest BCUT2D eigenvalue weighted by molar-refractivity contribution is 0.0416. The van der Waals surface area contributed by atoms with E-state index < -0.39 is 11.6 Å². The quantitative estimate of drug-likeness (QED) is 0.597. The van der Waals surface area contributed by atoms with E-state index >= 15 is 0 Å². The molecule has 2 heterocycles. The van der Waals surface area contributed by atoms with Gasteiger partial charge in [-0.2, -0.15) is 10.2 Å². The van der Waals surface area contributed by atoms with Gasteiger partial charge in [0.2, 0.25) is 0 Å². The number of nitrogens with zero attached hydrogens (tertiary/aromatic N) is 4. The predicted octanol–water partition coefficient (Wildman–Crippen LogP) is 2.86. The van der Waals surface area contributed by atoms with Gasteiger partial charge in [0.15, 0.2) is 11.6 Å². The van der Waals surface area contributed by atoms with Gasteiger partial charge in [-0.15, -0.1) is 0 Å². The number of hydrogen-bond acceptors (Lipinski definition) is 5. The molecule has 7 heteroatoms. The first-order valence-corrected chi connectivity index (χ1v) is 8.38. The number of benzene rings is 1. The van der Waals surface area contributed by atoms with Gasteiger partial charge < -0.3 is 9.64 Å². The maximum absolute atomic E-state index is 13.3. The van der Waals surface area contributed by atoms with Gasteiger partial charge in [-0.05, 0) is 35.5 Å². The highest BCUT2D eigenvalue weighted by Crippen LogP contribution is 2.15. The molecular weight excluding hydrogens is 338 g/mol. The molecule has 0 N–H and O–H groups in total. The Bertz CT molecular complexity index is 664. The first kappa shape index (κ1) is 19.9. The lowest BCUT2D eigenvalue weighted by atomic mass is 10.1. The average Bonchev–Trinajstić information content (AvgIpc) is 2.66. The molecule has 0 aromatic heterocycles. The number of allylic oxidation sites excluding steroid dienone is 2. The van der Waals surface area contributed by atoms with E-state index in [0.29, 0.717) is 6.54 Å². The number of halogens is 2. The van der Waals surface area contributed by atoms with Crippen LogP contribution in [0.2, 0.25) is 0 Å². The summed E-state index contributed by atoms with van der Waals surface area (Å²) in [6, 6.07) is 4.08. The zero-order chi connectivity index (χ0) is 18.8. The third-order valence-corrected chi connectivity index (χ3v) is 4.04. The molecule has 140 valence electrons. The van der Waals surface area contributed by atoms with Crippen molar-refractivity contribution in [3.05, 3.63) is 59.3 Å². The van der Waals surface area contributed by atoms with E-state index in [1.54, 1.807) is 6.07 Å². The second kappa shape index (κ2) is 10.6. The van der Waals surface area contributed by atoms with Crippen molar-refractivity contribution >= 4 is 13.4 Å². The third kappa shape index (κ3) is 6.50. The highest BCUT2D eigenvalue weighted by Gasteiger charge is 2.15. The van der Waals surface area contributed by atoms with E-state index in [1.807, 2.05) is 12.3 Å². The van der Waals surface area contributed by atoms with Gasteiger partial charge in [-0.3, -0.25) is 4.90 Å². The number of hydrogen-bond donors (Lipinski definition) is 0. The normalized spacial score (nSPS) is 17.2. The number of morpholine rings is 1. The Morgan fingerprint density at radius 1 is 1.04 bits per heavy atom. The lowest BCUT2D eigenvalue weighted by Gasteiger charge is -2.31. The number of ether oxygens (including phenoxy) is 1. The van der Waals surface area contributed by atoms with Crippen LogP contribution in [0.1, 0.15) is 5.56 Å². The molecule has 0 atom stereocenters. The maximum Gasteiger partial charge on any atom is 0.159 e. The van der Waals surface area contributed by atoms with Crippen LogP contribution in [0.15, 0.2) is 52.3 Å². The maximum atomic E-state index is 13.3. The fourth-order valence-corrected chi connectivity index (χ4v) is 2.80. The van der Waals surface area contributed by atoms with Gasteiger partial charge in [0.25, 0.3) is 0 Å². The van der Waals surface area contributed by atoms with Crippen LogP contribution < -0.4 is 0 Å². The monoisotopic (exact) mass is 362 g/mol. The molecule has 0 saturated carbocycles. The molecule has 2 aliphatic heterocycles. The van der Waals surface area contributed by atoms with E-state index in [0.717, 1.165) is 45.0 Å². The van der Waals surface area contributed by atoms with Crippen molar-refractivity contribution in [3.63, 3.8) is 0 Å². The Labute approximate surface area is 153 Å². The van der Waals surface area contributed by atoms with Gasteiger partial charge in [0.05, 0.1) is 13.2 Å². The zero-order valence-electron chi connectivity index (χ0n) is 14.8. The molecule has 0 amide bonds. The molecule has 0 bridgehead atoms. The zero-order valence-corrected chi connectivity index (χ0v) is 14.8. The van der Waals surface area contributed by atoms with Crippen LogP contribution in [0.3, 0.4) is 0 Å². The van der Waals surface area contributed by atoms with Gasteiger partial charge in [-0.25, -0.2) is 8.78 Å². The fourth-order valence-electron chi connectivity index (χ4n) is 2.80. The largest absolute Gasteiger partial charge is 0.379 e. The van der Waals surface area contributed by atoms with Gasteiger partial charge in [0.1, 0.15) is 0 Å². The summed E-state index contributed by atoms with van der Waals surface area (Å²) < 4.78 is 31.6. The topological polar surface area (TPSA) is 40.4 Å². The van der Waals surface area contributed by atoms with Crippen LogP contribution in [-0.2, 0) is 11.3 Å². The summed E-state index contributed by atoms with van der Waals surface area (Å²) >= 11 is 0. The minimum absolute atomic E-state index is 0.578. The molecule has 0 radical (unpaired) electrons.